The topological polar surface area (TPSA) is 68.7 Å². The zero-order chi connectivity index (χ0) is 26.3. The maximum atomic E-state index is 12.9. The fraction of sp³-hybridized carbons (Fsp3) is 0.133. The molecule has 0 atom stereocenters. The Hall–Kier alpha value is -1.82. The summed E-state index contributed by atoms with van der Waals surface area (Å²) in [7, 11) is 68.6. The highest BCUT2D eigenvalue weighted by Gasteiger charge is 2.36. The van der Waals surface area contributed by atoms with Gasteiger partial charge in [-0.25, -0.2) is 0 Å². The third kappa shape index (κ3) is 4.67. The zero-order valence-corrected chi connectivity index (χ0v) is 18.2. The molecule has 1 amide bonds. The first-order chi connectivity index (χ1) is 15.6. The van der Waals surface area contributed by atoms with E-state index in [1.807, 2.05) is 0 Å². The molecule has 6 nitrogen and oxygen atoms in total. The van der Waals surface area contributed by atoms with Crippen LogP contribution in [-0.4, -0.2) is 122 Å². The van der Waals surface area contributed by atoms with Gasteiger partial charge < -0.3 is 14.1 Å². The predicted molar refractivity (Wildman–Crippen MR) is 140 cm³/mol. The lowest BCUT2D eigenvalue weighted by Crippen LogP contribution is -2.58. The Balaban J connectivity index is 2.88. The van der Waals surface area contributed by atoms with Crippen LogP contribution in [-0.2, 0) is 9.45 Å². The molecule has 1 heterocycles. The molecule has 19 heteroatoms. The zero-order valence-electron chi connectivity index (χ0n) is 17.4. The molecule has 1 aromatic carbocycles. The highest BCUT2D eigenvalue weighted by molar-refractivity contribution is 6.62. The molecule has 2 aromatic rings. The maximum Gasteiger partial charge on any atom is 0.378 e. The van der Waals surface area contributed by atoms with Crippen molar-refractivity contribution in [3.8, 4) is 16.9 Å². The number of aromatic nitrogens is 1. The summed E-state index contributed by atoms with van der Waals surface area (Å²) in [5.41, 5.74) is -3.35. The molecular formula is C15HB12ClN2O4. The number of hydrogen-bond donors (Lipinski definition) is 0. The third-order valence-electron chi connectivity index (χ3n) is 4.76. The van der Waals surface area contributed by atoms with Gasteiger partial charge in [0.1, 0.15) is 60.7 Å². The first kappa shape index (κ1) is 28.4. The van der Waals surface area contributed by atoms with Crippen LogP contribution in [0.3, 0.4) is 0 Å². The highest BCUT2D eigenvalue weighted by atomic mass is 35.5. The van der Waals surface area contributed by atoms with Gasteiger partial charge in [0.05, 0.1) is 15.7 Å². The second-order valence-corrected chi connectivity index (χ2v) is 7.23. The summed E-state index contributed by atoms with van der Waals surface area (Å²) in [4.78, 5) is 28.5. The number of hydrogen-bond acceptors (Lipinski definition) is 5. The van der Waals surface area contributed by atoms with Crippen molar-refractivity contribution >= 4 is 146 Å². The number of rotatable bonds is 6. The first-order valence-corrected chi connectivity index (χ1v) is 9.23. The number of nitrogens with zero attached hydrogens (tertiary/aromatic N) is 2. The second-order valence-electron chi connectivity index (χ2n) is 6.86. The largest absolute Gasteiger partial charge is 0.567 e. The smallest absolute Gasteiger partial charge is 0.378 e. The summed E-state index contributed by atoms with van der Waals surface area (Å²) >= 11 is 6.18. The molecule has 0 unspecified atom stereocenters. The summed E-state index contributed by atoms with van der Waals surface area (Å²) in [6, 6.07) is 0. The number of amides is 1. The van der Waals surface area contributed by atoms with Gasteiger partial charge in [0.2, 0.25) is 7.98 Å². The van der Waals surface area contributed by atoms with Crippen LogP contribution in [0, 0.1) is 0 Å². The summed E-state index contributed by atoms with van der Waals surface area (Å²) in [6.07, 6.45) is 0. The van der Waals surface area contributed by atoms with Crippen LogP contribution in [0.15, 0.2) is 0 Å². The Labute approximate surface area is 218 Å². The molecule has 0 aliphatic carbocycles. The fourth-order valence-electron chi connectivity index (χ4n) is 3.02. The van der Waals surface area contributed by atoms with E-state index >= 15 is 0 Å². The van der Waals surface area contributed by atoms with Crippen LogP contribution in [0.5, 0.6) is 5.75 Å². The average molecular weight is 438 g/mol. The molecule has 2 rings (SSSR count). The lowest BCUT2D eigenvalue weighted by Gasteiger charge is -2.36. The molecule has 24 radical (unpaired) electrons. The first-order valence-electron chi connectivity index (χ1n) is 8.86. The Bertz CT molecular complexity index is 1180. The van der Waals surface area contributed by atoms with Gasteiger partial charge in [0.15, 0.2) is 5.69 Å². The summed E-state index contributed by atoms with van der Waals surface area (Å²) in [5.74, 6) is -3.37. The third-order valence-corrected chi connectivity index (χ3v) is 5.17. The molecule has 0 saturated heterocycles. The predicted octanol–water partition coefficient (Wildman–Crippen LogP) is -6.69. The van der Waals surface area contributed by atoms with Crippen molar-refractivity contribution in [1.82, 2.24) is 9.79 Å². The lowest BCUT2D eigenvalue weighted by molar-refractivity contribution is -0.136. The summed E-state index contributed by atoms with van der Waals surface area (Å²) < 4.78 is 8.65. The van der Waals surface area contributed by atoms with Crippen LogP contribution >= 0.6 is 11.6 Å². The van der Waals surface area contributed by atoms with Gasteiger partial charge in [0, 0.05) is 10.4 Å². The van der Waals surface area contributed by atoms with Gasteiger partial charge in [-0.05, 0) is 22.2 Å². The van der Waals surface area contributed by atoms with Gasteiger partial charge in [-0.3, -0.25) is 14.6 Å². The van der Waals surface area contributed by atoms with E-state index in [1.165, 1.54) is 0 Å². The number of carbonyl (C=O) groups excluding carboxylic acids is 2. The van der Waals surface area contributed by atoms with Gasteiger partial charge in [-0.1, -0.05) is 39.3 Å². The Morgan fingerprint density at radius 1 is 0.941 bits per heavy atom. The van der Waals surface area contributed by atoms with Crippen LogP contribution in [0.4, 0.5) is 0 Å². The second kappa shape index (κ2) is 10.4. The van der Waals surface area contributed by atoms with E-state index in [0.717, 1.165) is 0 Å². The Kier molecular flexibility index (Phi) is 8.72. The Morgan fingerprint density at radius 2 is 1.50 bits per heavy atom. The van der Waals surface area contributed by atoms with E-state index in [1.54, 1.807) is 0 Å². The van der Waals surface area contributed by atoms with E-state index in [9.17, 15) is 9.59 Å². The molecule has 1 aromatic heterocycles. The minimum absolute atomic E-state index is 0.00993. The van der Waals surface area contributed by atoms with Crippen LogP contribution < -0.4 is 32.1 Å². The van der Waals surface area contributed by atoms with E-state index in [4.69, 9.17) is 111 Å². The monoisotopic (exact) mass is 440 g/mol. The standard InChI is InChI=1S/C15HB12ClN2O4/c16-4-2(11(20)21)1(5(17)8(28)7(4)19)3-6(18)10(33-26)9(29-12(3)22)13(31)30(25)15(23,24)14(32)34-27/h11H. The van der Waals surface area contributed by atoms with E-state index in [-0.39, 0.29) is 42.9 Å². The average Bonchev–Trinajstić information content (AvgIpc) is 2.78. The van der Waals surface area contributed by atoms with Gasteiger partial charge in [0.25, 0.3) is 11.9 Å². The molecule has 0 bridgehead atoms. The van der Waals surface area contributed by atoms with Gasteiger partial charge in [-0.2, -0.15) is 0 Å². The van der Waals surface area contributed by atoms with E-state index in [0.29, 0.717) is 0 Å². The lowest BCUT2D eigenvalue weighted by atomic mass is 9.57. The molecule has 138 valence electrons. The van der Waals surface area contributed by atoms with Crippen molar-refractivity contribution in [3.63, 3.8) is 0 Å². The molecule has 0 aliphatic heterocycles. The minimum Gasteiger partial charge on any atom is -0.567 e. The van der Waals surface area contributed by atoms with Crippen molar-refractivity contribution in [2.24, 2.45) is 0 Å². The van der Waals surface area contributed by atoms with Crippen molar-refractivity contribution in [1.29, 1.82) is 0 Å². The SMILES string of the molecule is [B]OC(=O)C([B])([B])N([B])C(=O)c1nc([B])c(-c2c([B])c(Cl)c([B])c([B])c2C([B])[B])c([B])c1O[B]. The quantitative estimate of drug-likeness (QED) is 0.420. The van der Waals surface area contributed by atoms with E-state index < -0.39 is 45.4 Å². The van der Waals surface area contributed by atoms with Crippen molar-refractivity contribution < 1.29 is 18.9 Å². The number of pyridine rings is 1. The van der Waals surface area contributed by atoms with Crippen molar-refractivity contribution in [3.05, 3.63) is 16.3 Å². The molecule has 0 spiro atoms. The molecule has 0 aliphatic rings. The molecule has 0 N–H and O–H groups in total. The van der Waals surface area contributed by atoms with E-state index in [2.05, 4.69) is 9.64 Å². The van der Waals surface area contributed by atoms with Crippen LogP contribution in [0.25, 0.3) is 11.1 Å². The van der Waals surface area contributed by atoms with Crippen LogP contribution in [0.1, 0.15) is 21.8 Å². The molecule has 0 fully saturated rings. The molecule has 0 saturated carbocycles. The summed E-state index contributed by atoms with van der Waals surface area (Å²) in [5, 5.41) is -2.89. The normalized spacial score (nSPS) is 11.2. The van der Waals surface area contributed by atoms with Gasteiger partial charge in [-0.15, -0.1) is 0 Å². The number of carbonyl (C=O) groups is 2. The number of halogens is 1. The molecule has 34 heavy (non-hydrogen) atoms. The Morgan fingerprint density at radius 3 is 1.97 bits per heavy atom. The van der Waals surface area contributed by atoms with Crippen molar-refractivity contribution in [2.45, 2.75) is 11.1 Å². The summed E-state index contributed by atoms with van der Waals surface area (Å²) in [6.45, 7) is 0. The van der Waals surface area contributed by atoms with Crippen LogP contribution in [0.2, 0.25) is 5.02 Å². The maximum absolute atomic E-state index is 12.9. The minimum atomic E-state index is -2.73. The highest BCUT2D eigenvalue weighted by Crippen LogP contribution is 2.27. The van der Waals surface area contributed by atoms with Crippen molar-refractivity contribution in [2.75, 3.05) is 0 Å². The number of benzene rings is 1. The fourth-order valence-corrected chi connectivity index (χ4v) is 3.22. The van der Waals surface area contributed by atoms with Gasteiger partial charge >= 0.3 is 16.1 Å². The molecular weight excluding hydrogens is 437 g/mol.